The lowest BCUT2D eigenvalue weighted by atomic mass is 9.87. The molecule has 2 heterocycles. The molecule has 1 aliphatic heterocycles. The normalized spacial score (nSPS) is 19.4. The van der Waals surface area contributed by atoms with Crippen LogP contribution in [0, 0.1) is 5.92 Å². The van der Waals surface area contributed by atoms with Crippen LogP contribution >= 0.6 is 0 Å². The molecule has 8 nitrogen and oxygen atoms in total. The van der Waals surface area contributed by atoms with E-state index in [1.807, 2.05) is 12.1 Å². The molecule has 0 aliphatic carbocycles. The second-order valence-electron chi connectivity index (χ2n) is 6.41. The number of carbonyl (C=O) groups is 2. The third-order valence-electron chi connectivity index (χ3n) is 4.58. The number of aromatic nitrogens is 2. The van der Waals surface area contributed by atoms with Gasteiger partial charge in [0.2, 0.25) is 5.91 Å². The van der Waals surface area contributed by atoms with E-state index in [0.29, 0.717) is 17.0 Å². The first-order valence-electron chi connectivity index (χ1n) is 8.40. The second kappa shape index (κ2) is 6.56. The Labute approximate surface area is 154 Å². The molecule has 2 unspecified atom stereocenters. The SMILES string of the molecule is CC1=NC(=O)NC(c2ccc(O)cc2)C1C(=O)Nc1ccc2[nH]ncc2c1. The van der Waals surface area contributed by atoms with Crippen molar-refractivity contribution in [2.75, 3.05) is 5.32 Å². The molecule has 2 atom stereocenters. The van der Waals surface area contributed by atoms with Crippen LogP contribution in [0.4, 0.5) is 10.5 Å². The van der Waals surface area contributed by atoms with Crippen LogP contribution < -0.4 is 10.6 Å². The summed E-state index contributed by atoms with van der Waals surface area (Å²) in [5.74, 6) is -0.842. The molecule has 4 N–H and O–H groups in total. The summed E-state index contributed by atoms with van der Waals surface area (Å²) in [6.45, 7) is 1.66. The highest BCUT2D eigenvalue weighted by Gasteiger charge is 2.36. The number of urea groups is 1. The van der Waals surface area contributed by atoms with Gasteiger partial charge < -0.3 is 15.7 Å². The minimum Gasteiger partial charge on any atom is -0.508 e. The minimum absolute atomic E-state index is 0.112. The van der Waals surface area contributed by atoms with E-state index >= 15 is 0 Å². The van der Waals surface area contributed by atoms with Crippen molar-refractivity contribution in [2.45, 2.75) is 13.0 Å². The Morgan fingerprint density at radius 3 is 2.74 bits per heavy atom. The number of fused-ring (bicyclic) bond motifs is 1. The molecule has 27 heavy (non-hydrogen) atoms. The Kier molecular flexibility index (Phi) is 4.08. The summed E-state index contributed by atoms with van der Waals surface area (Å²) in [5.41, 5.74) is 2.64. The van der Waals surface area contributed by atoms with Crippen LogP contribution in [-0.4, -0.2) is 33.0 Å². The molecule has 3 amide bonds. The number of aliphatic imine (C=N–C) groups is 1. The number of nitrogens with zero attached hydrogens (tertiary/aromatic N) is 2. The van der Waals surface area contributed by atoms with Gasteiger partial charge in [-0.1, -0.05) is 12.1 Å². The highest BCUT2D eigenvalue weighted by molar-refractivity contribution is 6.13. The van der Waals surface area contributed by atoms with Crippen molar-refractivity contribution in [1.82, 2.24) is 15.5 Å². The smallest absolute Gasteiger partial charge is 0.341 e. The molecule has 0 bridgehead atoms. The van der Waals surface area contributed by atoms with Crippen molar-refractivity contribution < 1.29 is 14.7 Å². The van der Waals surface area contributed by atoms with Crippen molar-refractivity contribution >= 4 is 34.2 Å². The number of aromatic hydroxyl groups is 1. The fourth-order valence-electron chi connectivity index (χ4n) is 3.26. The largest absolute Gasteiger partial charge is 0.508 e. The van der Waals surface area contributed by atoms with Gasteiger partial charge in [0.05, 0.1) is 17.8 Å². The molecule has 0 radical (unpaired) electrons. The Bertz CT molecular complexity index is 1050. The molecule has 4 rings (SSSR count). The average molecular weight is 363 g/mol. The first kappa shape index (κ1) is 16.8. The van der Waals surface area contributed by atoms with Gasteiger partial charge in [0.25, 0.3) is 0 Å². The van der Waals surface area contributed by atoms with Gasteiger partial charge in [0.1, 0.15) is 11.7 Å². The predicted octanol–water partition coefficient (Wildman–Crippen LogP) is 2.75. The molecule has 0 fully saturated rings. The minimum atomic E-state index is -0.674. The molecule has 8 heteroatoms. The lowest BCUT2D eigenvalue weighted by molar-refractivity contribution is -0.118. The number of rotatable bonds is 3. The van der Waals surface area contributed by atoms with Crippen LogP contribution in [0.2, 0.25) is 0 Å². The second-order valence-corrected chi connectivity index (χ2v) is 6.41. The zero-order chi connectivity index (χ0) is 19.0. The summed E-state index contributed by atoms with van der Waals surface area (Å²) >= 11 is 0. The average Bonchev–Trinajstić information content (AvgIpc) is 3.09. The topological polar surface area (TPSA) is 119 Å². The van der Waals surface area contributed by atoms with Crippen molar-refractivity contribution in [3.05, 3.63) is 54.2 Å². The molecule has 3 aromatic rings. The summed E-state index contributed by atoms with van der Waals surface area (Å²) in [4.78, 5) is 28.8. The summed E-state index contributed by atoms with van der Waals surface area (Å²) in [6.07, 6.45) is 1.68. The van der Waals surface area contributed by atoms with Crippen molar-refractivity contribution in [3.63, 3.8) is 0 Å². The number of amides is 3. The number of benzene rings is 2. The number of anilines is 1. The van der Waals surface area contributed by atoms with Crippen LogP contribution in [0.3, 0.4) is 0 Å². The lowest BCUT2D eigenvalue weighted by Crippen LogP contribution is -2.45. The molecule has 1 aromatic heterocycles. The fraction of sp³-hybridized carbons (Fsp3) is 0.158. The van der Waals surface area contributed by atoms with Gasteiger partial charge in [-0.15, -0.1) is 0 Å². The van der Waals surface area contributed by atoms with Crippen molar-refractivity contribution in [2.24, 2.45) is 10.9 Å². The Hall–Kier alpha value is -3.68. The van der Waals surface area contributed by atoms with E-state index in [2.05, 4.69) is 25.8 Å². The van der Waals surface area contributed by atoms with E-state index in [1.165, 1.54) is 12.1 Å². The summed E-state index contributed by atoms with van der Waals surface area (Å²) < 4.78 is 0. The van der Waals surface area contributed by atoms with E-state index < -0.39 is 18.0 Å². The fourth-order valence-corrected chi connectivity index (χ4v) is 3.26. The first-order valence-corrected chi connectivity index (χ1v) is 8.40. The maximum atomic E-state index is 13.0. The number of aromatic amines is 1. The molecule has 1 aliphatic rings. The van der Waals surface area contributed by atoms with Gasteiger partial charge in [0, 0.05) is 16.8 Å². The third-order valence-corrected chi connectivity index (χ3v) is 4.58. The zero-order valence-corrected chi connectivity index (χ0v) is 14.4. The van der Waals surface area contributed by atoms with Gasteiger partial charge in [-0.25, -0.2) is 9.79 Å². The van der Waals surface area contributed by atoms with Gasteiger partial charge in [0.15, 0.2) is 0 Å². The van der Waals surface area contributed by atoms with Crippen molar-refractivity contribution in [3.8, 4) is 5.75 Å². The van der Waals surface area contributed by atoms with E-state index in [0.717, 1.165) is 10.9 Å². The zero-order valence-electron chi connectivity index (χ0n) is 14.4. The molecule has 2 aromatic carbocycles. The third kappa shape index (κ3) is 3.24. The van der Waals surface area contributed by atoms with Crippen LogP contribution in [0.5, 0.6) is 5.75 Å². The molecule has 0 saturated heterocycles. The quantitative estimate of drug-likeness (QED) is 0.572. The molecular formula is C19H17N5O3. The van der Waals surface area contributed by atoms with Crippen LogP contribution in [0.1, 0.15) is 18.5 Å². The van der Waals surface area contributed by atoms with Gasteiger partial charge >= 0.3 is 6.03 Å². The van der Waals surface area contributed by atoms with E-state index in [1.54, 1.807) is 31.3 Å². The lowest BCUT2D eigenvalue weighted by Gasteiger charge is -2.30. The van der Waals surface area contributed by atoms with E-state index in [-0.39, 0.29) is 11.7 Å². The number of hydrogen-bond donors (Lipinski definition) is 4. The summed E-state index contributed by atoms with van der Waals surface area (Å²) in [6, 6.07) is 10.8. The van der Waals surface area contributed by atoms with Gasteiger partial charge in [-0.3, -0.25) is 9.89 Å². The predicted molar refractivity (Wildman–Crippen MR) is 101 cm³/mol. The number of nitrogens with one attached hydrogen (secondary N) is 3. The van der Waals surface area contributed by atoms with Crippen LogP contribution in [0.15, 0.2) is 53.7 Å². The highest BCUT2D eigenvalue weighted by atomic mass is 16.3. The summed E-state index contributed by atoms with van der Waals surface area (Å²) in [5, 5.41) is 22.8. The van der Waals surface area contributed by atoms with Crippen LogP contribution in [0.25, 0.3) is 10.9 Å². The van der Waals surface area contributed by atoms with Crippen LogP contribution in [-0.2, 0) is 4.79 Å². The maximum Gasteiger partial charge on any atom is 0.341 e. The molecule has 0 spiro atoms. The van der Waals surface area contributed by atoms with E-state index in [4.69, 9.17) is 0 Å². The number of H-pyrrole nitrogens is 1. The number of carbonyl (C=O) groups excluding carboxylic acids is 2. The molecule has 136 valence electrons. The first-order chi connectivity index (χ1) is 13.0. The number of hydrogen-bond acceptors (Lipinski definition) is 4. The molecular weight excluding hydrogens is 346 g/mol. The number of phenolic OH excluding ortho intramolecular Hbond substituents is 1. The van der Waals surface area contributed by atoms with E-state index in [9.17, 15) is 14.7 Å². The van der Waals surface area contributed by atoms with Crippen molar-refractivity contribution in [1.29, 1.82) is 0 Å². The Morgan fingerprint density at radius 1 is 1.19 bits per heavy atom. The Morgan fingerprint density at radius 2 is 1.96 bits per heavy atom. The van der Waals surface area contributed by atoms with Gasteiger partial charge in [-0.2, -0.15) is 5.10 Å². The summed E-state index contributed by atoms with van der Waals surface area (Å²) in [7, 11) is 0. The maximum absolute atomic E-state index is 13.0. The monoisotopic (exact) mass is 363 g/mol. The van der Waals surface area contributed by atoms with Gasteiger partial charge in [-0.05, 0) is 42.8 Å². The Balaban J connectivity index is 1.64. The highest BCUT2D eigenvalue weighted by Crippen LogP contribution is 2.29. The molecule has 0 saturated carbocycles. The number of phenols is 1. The standard InChI is InChI=1S/C19H17N5O3/c1-10-16(17(23-19(27)21-10)11-2-5-14(25)6-3-11)18(26)22-13-4-7-15-12(8-13)9-20-24-15/h2-9,16-17,25H,1H3,(H,20,24)(H,22,26)(H,23,27).